The number of benzene rings is 2. The van der Waals surface area contributed by atoms with Crippen LogP contribution in [0.4, 0.5) is 4.39 Å². The van der Waals surface area contributed by atoms with E-state index in [1.807, 2.05) is 17.0 Å². The Morgan fingerprint density at radius 2 is 1.61 bits per heavy atom. The maximum Gasteiger partial charge on any atom is 0.289 e. The molecule has 0 N–H and O–H groups in total. The van der Waals surface area contributed by atoms with E-state index in [0.29, 0.717) is 61.1 Å². The molecular formula is C30H32ClFN2O4. The number of nitrogens with zero attached hydrogens (tertiary/aromatic N) is 2. The number of rotatable bonds is 7. The van der Waals surface area contributed by atoms with Crippen molar-refractivity contribution in [1.29, 1.82) is 0 Å². The number of ether oxygens (including phenoxy) is 1. The molecule has 38 heavy (non-hydrogen) atoms. The van der Waals surface area contributed by atoms with Crippen molar-refractivity contribution >= 4 is 23.4 Å². The smallest absolute Gasteiger partial charge is 0.289 e. The van der Waals surface area contributed by atoms with Crippen LogP contribution in [-0.4, -0.2) is 54.4 Å². The van der Waals surface area contributed by atoms with Crippen LogP contribution in [0.2, 0.25) is 5.02 Å². The number of carbonyl (C=O) groups excluding carboxylic acids is 2. The summed E-state index contributed by atoms with van der Waals surface area (Å²) in [7, 11) is 0. The second-order valence-corrected chi connectivity index (χ2v) is 10.7. The fourth-order valence-electron chi connectivity index (χ4n) is 5.31. The summed E-state index contributed by atoms with van der Waals surface area (Å²) in [5, 5.41) is 0.634. The molecule has 2 amide bonds. The van der Waals surface area contributed by atoms with Crippen molar-refractivity contribution in [1.82, 2.24) is 9.80 Å². The number of carbonyl (C=O) groups is 2. The molecule has 6 nitrogen and oxygen atoms in total. The fourth-order valence-corrected chi connectivity index (χ4v) is 5.44. The van der Waals surface area contributed by atoms with E-state index in [1.54, 1.807) is 47.4 Å². The van der Waals surface area contributed by atoms with E-state index >= 15 is 0 Å². The molecule has 0 radical (unpaired) electrons. The van der Waals surface area contributed by atoms with Gasteiger partial charge in [-0.2, -0.15) is 0 Å². The zero-order valence-electron chi connectivity index (χ0n) is 21.3. The highest BCUT2D eigenvalue weighted by molar-refractivity contribution is 6.30. The lowest BCUT2D eigenvalue weighted by atomic mass is 9.75. The second kappa shape index (κ2) is 11.6. The molecule has 3 heterocycles. The van der Waals surface area contributed by atoms with Crippen molar-refractivity contribution in [2.75, 3.05) is 32.8 Å². The lowest BCUT2D eigenvalue weighted by molar-refractivity contribution is -0.136. The van der Waals surface area contributed by atoms with E-state index in [9.17, 15) is 14.0 Å². The maximum absolute atomic E-state index is 14.2. The first kappa shape index (κ1) is 26.3. The summed E-state index contributed by atoms with van der Waals surface area (Å²) >= 11 is 6.01. The third-order valence-corrected chi connectivity index (χ3v) is 7.91. The summed E-state index contributed by atoms with van der Waals surface area (Å²) < 4.78 is 26.1. The maximum atomic E-state index is 14.2. The first-order valence-electron chi connectivity index (χ1n) is 13.2. The molecule has 3 aromatic rings. The molecule has 0 atom stereocenters. The molecule has 0 bridgehead atoms. The van der Waals surface area contributed by atoms with Crippen molar-refractivity contribution < 1.29 is 23.1 Å². The molecule has 2 fully saturated rings. The summed E-state index contributed by atoms with van der Waals surface area (Å²) in [5.41, 5.74) is -0.0633. The van der Waals surface area contributed by atoms with Crippen molar-refractivity contribution in [2.45, 2.75) is 38.5 Å². The summed E-state index contributed by atoms with van der Waals surface area (Å²) in [5.74, 6) is 0.724. The Labute approximate surface area is 227 Å². The third kappa shape index (κ3) is 6.04. The molecular weight excluding hydrogens is 507 g/mol. The van der Waals surface area contributed by atoms with Gasteiger partial charge in [0.05, 0.1) is 12.2 Å². The van der Waals surface area contributed by atoms with Crippen LogP contribution < -0.4 is 4.74 Å². The Balaban J connectivity index is 1.27. The topological polar surface area (TPSA) is 63.0 Å². The molecule has 2 aliphatic rings. The minimum Gasteiger partial charge on any atom is -0.493 e. The summed E-state index contributed by atoms with van der Waals surface area (Å²) in [4.78, 5) is 30.2. The van der Waals surface area contributed by atoms with Gasteiger partial charge in [-0.05, 0) is 80.6 Å². The lowest BCUT2D eigenvalue weighted by Crippen LogP contribution is -2.48. The van der Waals surface area contributed by atoms with Gasteiger partial charge >= 0.3 is 0 Å². The van der Waals surface area contributed by atoms with Gasteiger partial charge in [0, 0.05) is 43.0 Å². The van der Waals surface area contributed by atoms with E-state index in [-0.39, 0.29) is 23.0 Å². The van der Waals surface area contributed by atoms with Crippen molar-refractivity contribution in [2.24, 2.45) is 5.41 Å². The molecule has 0 aliphatic carbocycles. The van der Waals surface area contributed by atoms with E-state index in [1.165, 1.54) is 6.07 Å². The molecule has 2 saturated heterocycles. The molecule has 8 heteroatoms. The van der Waals surface area contributed by atoms with Gasteiger partial charge < -0.3 is 19.0 Å². The summed E-state index contributed by atoms with van der Waals surface area (Å²) in [6.45, 7) is 2.95. The monoisotopic (exact) mass is 538 g/mol. The molecule has 0 saturated carbocycles. The van der Waals surface area contributed by atoms with Crippen molar-refractivity contribution in [3.8, 4) is 17.1 Å². The number of hydrogen-bond acceptors (Lipinski definition) is 4. The van der Waals surface area contributed by atoms with Crippen LogP contribution in [0.5, 0.6) is 5.75 Å². The normalized spacial score (nSPS) is 17.3. The quantitative estimate of drug-likeness (QED) is 0.347. The SMILES string of the molecule is O=C(CC1(COc2ccc(Cl)cc2)CCN(C(=O)c2ccc(-c3ccccc3F)o2)CC1)N1CCCCC1. The van der Waals surface area contributed by atoms with Gasteiger partial charge in [-0.15, -0.1) is 0 Å². The third-order valence-electron chi connectivity index (χ3n) is 7.66. The van der Waals surface area contributed by atoms with Crippen molar-refractivity contribution in [3.63, 3.8) is 0 Å². The van der Waals surface area contributed by atoms with E-state index < -0.39 is 5.82 Å². The number of piperidine rings is 2. The molecule has 0 spiro atoms. The van der Waals surface area contributed by atoms with E-state index in [4.69, 9.17) is 20.8 Å². The molecule has 2 aliphatic heterocycles. The summed E-state index contributed by atoms with van der Waals surface area (Å²) in [6, 6.07) is 16.7. The van der Waals surface area contributed by atoms with Gasteiger partial charge in [0.2, 0.25) is 5.91 Å². The number of hydrogen-bond donors (Lipinski definition) is 0. The first-order chi connectivity index (χ1) is 18.4. The van der Waals surface area contributed by atoms with Gasteiger partial charge in [0.25, 0.3) is 5.91 Å². The number of halogens is 2. The minimum absolute atomic E-state index is 0.157. The zero-order valence-corrected chi connectivity index (χ0v) is 22.1. The van der Waals surface area contributed by atoms with Gasteiger partial charge in [-0.3, -0.25) is 9.59 Å². The minimum atomic E-state index is -0.400. The van der Waals surface area contributed by atoms with Crippen LogP contribution in [-0.2, 0) is 4.79 Å². The number of furan rings is 1. The van der Waals surface area contributed by atoms with Crippen LogP contribution in [0, 0.1) is 11.2 Å². The molecule has 2 aromatic carbocycles. The molecule has 5 rings (SSSR count). The number of amides is 2. The first-order valence-corrected chi connectivity index (χ1v) is 13.6. The van der Waals surface area contributed by atoms with Crippen LogP contribution in [0.1, 0.15) is 49.1 Å². The molecule has 200 valence electrons. The molecule has 0 unspecified atom stereocenters. The second-order valence-electron chi connectivity index (χ2n) is 10.3. The highest BCUT2D eigenvalue weighted by atomic mass is 35.5. The Hall–Kier alpha value is -3.32. The van der Waals surface area contributed by atoms with Crippen LogP contribution >= 0.6 is 11.6 Å². The predicted octanol–water partition coefficient (Wildman–Crippen LogP) is 6.44. The van der Waals surface area contributed by atoms with Gasteiger partial charge in [0.15, 0.2) is 5.76 Å². The van der Waals surface area contributed by atoms with Gasteiger partial charge in [0.1, 0.15) is 17.3 Å². The zero-order chi connectivity index (χ0) is 26.5. The van der Waals surface area contributed by atoms with Crippen molar-refractivity contribution in [3.05, 3.63) is 77.3 Å². The molecule has 1 aromatic heterocycles. The lowest BCUT2D eigenvalue weighted by Gasteiger charge is -2.42. The van der Waals surface area contributed by atoms with Gasteiger partial charge in [-0.1, -0.05) is 23.7 Å². The summed E-state index contributed by atoms with van der Waals surface area (Å²) in [6.07, 6.45) is 4.90. The van der Waals surface area contributed by atoms with Crippen LogP contribution in [0.25, 0.3) is 11.3 Å². The largest absolute Gasteiger partial charge is 0.493 e. The average molecular weight is 539 g/mol. The highest BCUT2D eigenvalue weighted by Crippen LogP contribution is 2.38. The van der Waals surface area contributed by atoms with Crippen LogP contribution in [0.3, 0.4) is 0 Å². The van der Waals surface area contributed by atoms with Gasteiger partial charge in [-0.25, -0.2) is 4.39 Å². The fraction of sp³-hybridized carbons (Fsp3) is 0.400. The Kier molecular flexibility index (Phi) is 8.03. The van der Waals surface area contributed by atoms with E-state index in [2.05, 4.69) is 0 Å². The standard InChI is InChI=1S/C30H32ClFN2O4/c31-22-8-10-23(11-9-22)37-21-30(20-28(35)33-16-4-1-5-17-33)14-18-34(19-15-30)29(36)27-13-12-26(38-27)24-6-2-3-7-25(24)32/h2-3,6-13H,1,4-5,14-21H2. The Bertz CT molecular complexity index is 1260. The predicted molar refractivity (Wildman–Crippen MR) is 144 cm³/mol. The van der Waals surface area contributed by atoms with Crippen LogP contribution in [0.15, 0.2) is 65.1 Å². The number of likely N-dealkylation sites (tertiary alicyclic amines) is 2. The average Bonchev–Trinajstić information content (AvgIpc) is 3.44. The van der Waals surface area contributed by atoms with E-state index in [0.717, 1.165) is 32.4 Å². The Morgan fingerprint density at radius 1 is 0.895 bits per heavy atom. The highest BCUT2D eigenvalue weighted by Gasteiger charge is 2.40. The Morgan fingerprint density at radius 3 is 2.32 bits per heavy atom.